The number of ether oxygens (including phenoxy) is 2. The number of rotatable bonds is 3. The van der Waals surface area contributed by atoms with Gasteiger partial charge in [-0.05, 0) is 48.8 Å². The maximum atomic E-state index is 12.9. The van der Waals surface area contributed by atoms with Gasteiger partial charge in [0.15, 0.2) is 11.5 Å². The molecular formula is C19H23NO5. The van der Waals surface area contributed by atoms with E-state index < -0.39 is 12.0 Å². The van der Waals surface area contributed by atoms with Crippen LogP contribution in [0.1, 0.15) is 37.7 Å². The molecule has 2 fully saturated rings. The molecule has 1 saturated heterocycles. The molecule has 25 heavy (non-hydrogen) atoms. The second kappa shape index (κ2) is 6.24. The topological polar surface area (TPSA) is 76.1 Å². The Kier molecular flexibility index (Phi) is 4.06. The number of aliphatic carboxylic acids is 1. The van der Waals surface area contributed by atoms with Gasteiger partial charge in [-0.15, -0.1) is 0 Å². The van der Waals surface area contributed by atoms with Gasteiger partial charge in [0.05, 0.1) is 0 Å². The van der Waals surface area contributed by atoms with E-state index in [-0.39, 0.29) is 17.7 Å². The maximum Gasteiger partial charge on any atom is 0.326 e. The highest BCUT2D eigenvalue weighted by Crippen LogP contribution is 2.50. The highest BCUT2D eigenvalue weighted by molar-refractivity contribution is 5.88. The van der Waals surface area contributed by atoms with E-state index in [1.54, 1.807) is 4.90 Å². The Hall–Kier alpha value is -2.24. The number of carbonyl (C=O) groups excluding carboxylic acids is 1. The number of piperidine rings is 1. The molecule has 3 aliphatic rings. The first kappa shape index (κ1) is 16.2. The van der Waals surface area contributed by atoms with Gasteiger partial charge in [0.1, 0.15) is 19.3 Å². The summed E-state index contributed by atoms with van der Waals surface area (Å²) in [6, 6.07) is 5.15. The summed E-state index contributed by atoms with van der Waals surface area (Å²) in [6.45, 7) is 3.69. The Balaban J connectivity index is 1.47. The van der Waals surface area contributed by atoms with E-state index in [0.717, 1.165) is 29.9 Å². The van der Waals surface area contributed by atoms with Crippen molar-refractivity contribution in [1.29, 1.82) is 0 Å². The van der Waals surface area contributed by atoms with Gasteiger partial charge >= 0.3 is 5.97 Å². The molecule has 4 rings (SSSR count). The molecule has 1 aromatic carbocycles. The zero-order chi connectivity index (χ0) is 17.6. The molecule has 1 amide bonds. The lowest BCUT2D eigenvalue weighted by molar-refractivity contribution is -0.153. The summed E-state index contributed by atoms with van der Waals surface area (Å²) in [7, 11) is 0. The summed E-state index contributed by atoms with van der Waals surface area (Å²) in [6.07, 6.45) is 2.19. The molecule has 6 nitrogen and oxygen atoms in total. The van der Waals surface area contributed by atoms with Crippen LogP contribution in [-0.4, -0.2) is 47.7 Å². The lowest BCUT2D eigenvalue weighted by Gasteiger charge is -2.36. The molecule has 0 bridgehead atoms. The second-order valence-electron chi connectivity index (χ2n) is 7.37. The lowest BCUT2D eigenvalue weighted by Crippen LogP contribution is -2.50. The molecule has 0 aromatic heterocycles. The van der Waals surface area contributed by atoms with E-state index in [2.05, 4.69) is 0 Å². The first-order chi connectivity index (χ1) is 12.0. The SMILES string of the molecule is CC1CCN(C(=O)C2CC2c2ccc3c(c2)OCCO3)C(C(=O)O)C1. The molecule has 0 spiro atoms. The van der Waals surface area contributed by atoms with Gasteiger partial charge in [-0.1, -0.05) is 13.0 Å². The number of fused-ring (bicyclic) bond motifs is 1. The van der Waals surface area contributed by atoms with Crippen molar-refractivity contribution >= 4 is 11.9 Å². The summed E-state index contributed by atoms with van der Waals surface area (Å²) in [5, 5.41) is 9.47. The summed E-state index contributed by atoms with van der Waals surface area (Å²) >= 11 is 0. The predicted molar refractivity (Wildman–Crippen MR) is 89.8 cm³/mol. The van der Waals surface area contributed by atoms with Crippen LogP contribution in [0, 0.1) is 11.8 Å². The van der Waals surface area contributed by atoms with E-state index in [1.807, 2.05) is 25.1 Å². The summed E-state index contributed by atoms with van der Waals surface area (Å²) in [4.78, 5) is 26.0. The van der Waals surface area contributed by atoms with Crippen molar-refractivity contribution in [3.05, 3.63) is 23.8 Å². The Bertz CT molecular complexity index is 703. The van der Waals surface area contributed by atoms with Crippen LogP contribution in [-0.2, 0) is 9.59 Å². The van der Waals surface area contributed by atoms with Crippen molar-refractivity contribution in [2.75, 3.05) is 19.8 Å². The molecule has 1 N–H and O–H groups in total. The fraction of sp³-hybridized carbons (Fsp3) is 0.579. The number of hydrogen-bond acceptors (Lipinski definition) is 4. The maximum absolute atomic E-state index is 12.9. The molecule has 1 aromatic rings. The van der Waals surface area contributed by atoms with E-state index >= 15 is 0 Å². The third-order valence-corrected chi connectivity index (χ3v) is 5.53. The van der Waals surface area contributed by atoms with Crippen LogP contribution in [0.15, 0.2) is 18.2 Å². The van der Waals surface area contributed by atoms with E-state index in [4.69, 9.17) is 9.47 Å². The van der Waals surface area contributed by atoms with Gasteiger partial charge in [0.2, 0.25) is 5.91 Å². The number of likely N-dealkylation sites (tertiary alicyclic amines) is 1. The number of carboxylic acids is 1. The number of amides is 1. The van der Waals surface area contributed by atoms with Crippen LogP contribution in [0.4, 0.5) is 0 Å². The summed E-state index contributed by atoms with van der Waals surface area (Å²) in [5.74, 6) is 0.954. The normalized spacial score (nSPS) is 30.7. The Morgan fingerprint density at radius 2 is 1.92 bits per heavy atom. The number of carboxylic acid groups (broad SMARTS) is 1. The highest BCUT2D eigenvalue weighted by Gasteiger charge is 2.48. The molecule has 4 atom stereocenters. The van der Waals surface area contributed by atoms with Crippen molar-refractivity contribution in [2.45, 2.75) is 38.1 Å². The van der Waals surface area contributed by atoms with Crippen molar-refractivity contribution in [2.24, 2.45) is 11.8 Å². The van der Waals surface area contributed by atoms with Crippen LogP contribution >= 0.6 is 0 Å². The second-order valence-corrected chi connectivity index (χ2v) is 7.37. The van der Waals surface area contributed by atoms with E-state index in [1.165, 1.54) is 0 Å². The van der Waals surface area contributed by atoms with Crippen LogP contribution < -0.4 is 9.47 Å². The van der Waals surface area contributed by atoms with E-state index in [9.17, 15) is 14.7 Å². The minimum atomic E-state index is -0.892. The van der Waals surface area contributed by atoms with Crippen LogP contribution in [0.25, 0.3) is 0 Å². The third-order valence-electron chi connectivity index (χ3n) is 5.53. The lowest BCUT2D eigenvalue weighted by atomic mass is 9.92. The van der Waals surface area contributed by atoms with Crippen LogP contribution in [0.3, 0.4) is 0 Å². The Morgan fingerprint density at radius 1 is 1.16 bits per heavy atom. The molecule has 2 aliphatic heterocycles. The molecule has 1 aliphatic carbocycles. The Morgan fingerprint density at radius 3 is 2.68 bits per heavy atom. The van der Waals surface area contributed by atoms with Crippen LogP contribution in [0.2, 0.25) is 0 Å². The van der Waals surface area contributed by atoms with Gasteiger partial charge in [-0.2, -0.15) is 0 Å². The molecule has 134 valence electrons. The average Bonchev–Trinajstić information content (AvgIpc) is 3.41. The minimum Gasteiger partial charge on any atom is -0.486 e. The van der Waals surface area contributed by atoms with Gasteiger partial charge in [-0.3, -0.25) is 4.79 Å². The molecule has 2 heterocycles. The molecule has 1 saturated carbocycles. The van der Waals surface area contributed by atoms with Gasteiger partial charge in [-0.25, -0.2) is 4.79 Å². The van der Waals surface area contributed by atoms with E-state index in [0.29, 0.717) is 32.1 Å². The fourth-order valence-electron chi connectivity index (χ4n) is 3.98. The smallest absolute Gasteiger partial charge is 0.326 e. The largest absolute Gasteiger partial charge is 0.486 e. The molecule has 4 unspecified atom stereocenters. The fourth-order valence-corrected chi connectivity index (χ4v) is 3.98. The number of hydrogen-bond donors (Lipinski definition) is 1. The number of nitrogens with zero attached hydrogens (tertiary/aromatic N) is 1. The van der Waals surface area contributed by atoms with Crippen molar-refractivity contribution in [3.8, 4) is 11.5 Å². The van der Waals surface area contributed by atoms with Crippen LogP contribution in [0.5, 0.6) is 11.5 Å². The zero-order valence-corrected chi connectivity index (χ0v) is 14.3. The van der Waals surface area contributed by atoms with Crippen molar-refractivity contribution in [3.63, 3.8) is 0 Å². The van der Waals surface area contributed by atoms with Gasteiger partial charge in [0.25, 0.3) is 0 Å². The Labute approximate surface area is 146 Å². The quantitative estimate of drug-likeness (QED) is 0.909. The summed E-state index contributed by atoms with van der Waals surface area (Å²) in [5.41, 5.74) is 1.07. The standard InChI is InChI=1S/C19H23NO5/c1-11-4-5-20(15(8-11)19(22)23)18(21)14-10-13(14)12-2-3-16-17(9-12)25-7-6-24-16/h2-3,9,11,13-15H,4-8,10H2,1H3,(H,22,23). The predicted octanol–water partition coefficient (Wildman–Crippen LogP) is 2.27. The summed E-state index contributed by atoms with van der Waals surface area (Å²) < 4.78 is 11.1. The first-order valence-electron chi connectivity index (χ1n) is 8.97. The van der Waals surface area contributed by atoms with Gasteiger partial charge < -0.3 is 19.5 Å². The van der Waals surface area contributed by atoms with Gasteiger partial charge in [0, 0.05) is 12.5 Å². The monoisotopic (exact) mass is 345 g/mol. The number of benzene rings is 1. The van der Waals surface area contributed by atoms with Crippen molar-refractivity contribution < 1.29 is 24.2 Å². The minimum absolute atomic E-state index is 0.0146. The zero-order valence-electron chi connectivity index (χ0n) is 14.3. The first-order valence-corrected chi connectivity index (χ1v) is 8.97. The average molecular weight is 345 g/mol. The molecule has 6 heteroatoms. The molecule has 0 radical (unpaired) electrons. The molecular weight excluding hydrogens is 322 g/mol. The third kappa shape index (κ3) is 3.05. The highest BCUT2D eigenvalue weighted by atomic mass is 16.6. The number of carbonyl (C=O) groups is 2. The van der Waals surface area contributed by atoms with Crippen molar-refractivity contribution in [1.82, 2.24) is 4.90 Å².